The zero-order valence-electron chi connectivity index (χ0n) is 12.9. The van der Waals surface area contributed by atoms with E-state index in [-0.39, 0.29) is 17.8 Å². The number of hydrogen-bond donors (Lipinski definition) is 3. The maximum absolute atomic E-state index is 10.3. The van der Waals surface area contributed by atoms with Crippen molar-refractivity contribution in [1.29, 1.82) is 0 Å². The summed E-state index contributed by atoms with van der Waals surface area (Å²) in [7, 11) is 0. The lowest BCUT2D eigenvalue weighted by Gasteiger charge is -2.25. The molecule has 118 valence electrons. The monoisotopic (exact) mass is 307 g/mol. The van der Waals surface area contributed by atoms with Crippen molar-refractivity contribution in [2.45, 2.75) is 32.0 Å². The van der Waals surface area contributed by atoms with E-state index >= 15 is 0 Å². The lowest BCUT2D eigenvalue weighted by molar-refractivity contribution is 0.124. The first-order chi connectivity index (χ1) is 10.6. The Kier molecular flexibility index (Phi) is 5.81. The third kappa shape index (κ3) is 4.76. The number of benzene rings is 2. The number of aliphatic hydroxyl groups is 1. The maximum Gasteiger partial charge on any atom is 0.119 e. The van der Waals surface area contributed by atoms with E-state index in [1.165, 1.54) is 0 Å². The first kappa shape index (κ1) is 16.3. The average Bonchev–Trinajstić information content (AvgIpc) is 2.54. The van der Waals surface area contributed by atoms with Gasteiger partial charge in [-0.15, -0.1) is 0 Å². The average molecular weight is 307 g/mol. The molecule has 0 bridgehead atoms. The number of hydrogen-bond acceptors (Lipinski definition) is 4. The second-order valence-corrected chi connectivity index (χ2v) is 5.52. The topological polar surface area (TPSA) is 61.7 Å². The van der Waals surface area contributed by atoms with Gasteiger partial charge >= 0.3 is 0 Å². The summed E-state index contributed by atoms with van der Waals surface area (Å²) in [6.45, 7) is 4.47. The van der Waals surface area contributed by atoms with Gasteiger partial charge in [0.1, 0.15) is 18.1 Å². The summed E-state index contributed by atoms with van der Waals surface area (Å²) in [5, 5.41) is 22.9. The molecule has 2 aromatic rings. The zero-order chi connectivity index (χ0) is 15.9. The molecule has 0 radical (unpaired) electrons. The van der Waals surface area contributed by atoms with Crippen LogP contribution in [-0.2, 0) is 0 Å². The predicted molar refractivity (Wildman–Crippen MR) is 87.1 cm³/mol. The summed E-state index contributed by atoms with van der Waals surface area (Å²) < 4.78 is 5.69. The van der Waals surface area contributed by atoms with Crippen molar-refractivity contribution in [2.75, 3.05) is 6.61 Å². The van der Waals surface area contributed by atoms with Gasteiger partial charge in [0.05, 0.1) is 6.10 Å². The second kappa shape index (κ2) is 7.82. The third-order valence-electron chi connectivity index (χ3n) is 3.50. The van der Waals surface area contributed by atoms with E-state index in [4.69, 9.17) is 4.74 Å². The first-order valence-electron chi connectivity index (χ1n) is 7.47. The summed E-state index contributed by atoms with van der Waals surface area (Å²) in [6, 6.07) is 16.2. The Bertz CT molecular complexity index is 556. The minimum absolute atomic E-state index is 0.0990. The molecule has 0 aliphatic heterocycles. The van der Waals surface area contributed by atoms with E-state index in [0.29, 0.717) is 6.61 Å². The molecule has 0 spiro atoms. The van der Waals surface area contributed by atoms with Crippen LogP contribution in [0.2, 0.25) is 0 Å². The molecular formula is C18H23NO3. The molecule has 4 heteroatoms. The van der Waals surface area contributed by atoms with E-state index in [2.05, 4.69) is 5.32 Å². The highest BCUT2D eigenvalue weighted by Gasteiger charge is 2.18. The molecule has 0 fully saturated rings. The van der Waals surface area contributed by atoms with Crippen molar-refractivity contribution in [3.05, 3.63) is 60.2 Å². The fourth-order valence-electron chi connectivity index (χ4n) is 2.29. The third-order valence-corrected chi connectivity index (χ3v) is 3.50. The molecule has 0 unspecified atom stereocenters. The van der Waals surface area contributed by atoms with Gasteiger partial charge in [0.25, 0.3) is 0 Å². The SMILES string of the molecule is C[C@H](CO[13c]1[13cH][13cH][13cH][13cH][13cH]1)N[C@@H](C)[C@H](O)c1ccc(O)cc1. The van der Waals surface area contributed by atoms with Crippen molar-refractivity contribution >= 4 is 0 Å². The van der Waals surface area contributed by atoms with Crippen LogP contribution >= 0.6 is 0 Å². The highest BCUT2D eigenvalue weighted by Crippen LogP contribution is 2.20. The Morgan fingerprint density at radius 3 is 2.27 bits per heavy atom. The molecule has 0 aromatic heterocycles. The van der Waals surface area contributed by atoms with Gasteiger partial charge in [-0.3, -0.25) is 0 Å². The molecule has 0 aliphatic rings. The smallest absolute Gasteiger partial charge is 0.119 e. The van der Waals surface area contributed by atoms with Crippen molar-refractivity contribution in [1.82, 2.24) is 5.32 Å². The van der Waals surface area contributed by atoms with Gasteiger partial charge in [0.2, 0.25) is 0 Å². The summed E-state index contributed by atoms with van der Waals surface area (Å²) in [5.74, 6) is 1.03. The molecule has 22 heavy (non-hydrogen) atoms. The number of phenols is 1. The molecule has 3 atom stereocenters. The molecule has 0 heterocycles. The van der Waals surface area contributed by atoms with Crippen LogP contribution in [0.5, 0.6) is 11.5 Å². The highest BCUT2D eigenvalue weighted by molar-refractivity contribution is 5.28. The van der Waals surface area contributed by atoms with Gasteiger partial charge in [-0.1, -0.05) is 30.3 Å². The number of ether oxygens (including phenoxy) is 1. The van der Waals surface area contributed by atoms with Gasteiger partial charge in [0.15, 0.2) is 0 Å². The van der Waals surface area contributed by atoms with Crippen LogP contribution in [0.25, 0.3) is 0 Å². The highest BCUT2D eigenvalue weighted by atomic mass is 16.6. The summed E-state index contributed by atoms with van der Waals surface area (Å²) in [4.78, 5) is 0. The lowest BCUT2D eigenvalue weighted by Crippen LogP contribution is -2.41. The zero-order valence-corrected chi connectivity index (χ0v) is 12.9. The fourth-order valence-corrected chi connectivity index (χ4v) is 2.29. The number of rotatable bonds is 7. The minimum atomic E-state index is -0.639. The number of nitrogens with one attached hydrogen (secondary N) is 1. The molecular weight excluding hydrogens is 284 g/mol. The largest absolute Gasteiger partial charge is 0.508 e. The molecule has 4 nitrogen and oxygen atoms in total. The first-order valence-corrected chi connectivity index (χ1v) is 7.47. The molecule has 0 saturated carbocycles. The van der Waals surface area contributed by atoms with Crippen LogP contribution in [0.3, 0.4) is 0 Å². The Morgan fingerprint density at radius 2 is 1.64 bits per heavy atom. The van der Waals surface area contributed by atoms with Gasteiger partial charge in [-0.2, -0.15) is 0 Å². The predicted octanol–water partition coefficient (Wildman–Crippen LogP) is 2.87. The molecule has 3 N–H and O–H groups in total. The number of aliphatic hydroxyl groups excluding tert-OH is 1. The fraction of sp³-hybridized carbons (Fsp3) is 0.333. The van der Waals surface area contributed by atoms with Crippen LogP contribution in [0, 0.1) is 0 Å². The van der Waals surface area contributed by atoms with E-state index < -0.39 is 6.10 Å². The van der Waals surface area contributed by atoms with Crippen molar-refractivity contribution in [3.8, 4) is 11.5 Å². The van der Waals surface area contributed by atoms with Gasteiger partial charge in [-0.25, -0.2) is 0 Å². The van der Waals surface area contributed by atoms with Crippen molar-refractivity contribution in [3.63, 3.8) is 0 Å². The van der Waals surface area contributed by atoms with Crippen molar-refractivity contribution in [2.24, 2.45) is 0 Å². The Morgan fingerprint density at radius 1 is 1.00 bits per heavy atom. The number of para-hydroxylation sites is 1. The van der Waals surface area contributed by atoms with Crippen molar-refractivity contribution < 1.29 is 14.9 Å². The van der Waals surface area contributed by atoms with E-state index in [9.17, 15) is 10.2 Å². The van der Waals surface area contributed by atoms with Crippen LogP contribution in [0.1, 0.15) is 25.5 Å². The van der Waals surface area contributed by atoms with E-state index in [1.54, 1.807) is 24.3 Å². The minimum Gasteiger partial charge on any atom is -0.508 e. The summed E-state index contributed by atoms with van der Waals surface area (Å²) in [6.07, 6.45) is -0.639. The van der Waals surface area contributed by atoms with Crippen LogP contribution < -0.4 is 10.1 Å². The maximum atomic E-state index is 10.3. The molecule has 2 rings (SSSR count). The van der Waals surface area contributed by atoms with Crippen LogP contribution in [0.15, 0.2) is 54.6 Å². The number of phenolic OH excluding ortho intramolecular Hbond substituents is 1. The van der Waals surface area contributed by atoms with E-state index in [0.717, 1.165) is 11.3 Å². The van der Waals surface area contributed by atoms with Crippen LogP contribution in [-0.4, -0.2) is 28.9 Å². The lowest BCUT2D eigenvalue weighted by atomic mass is 10.0. The molecule has 0 aliphatic carbocycles. The van der Waals surface area contributed by atoms with Crippen LogP contribution in [0.4, 0.5) is 0 Å². The molecule has 2 aromatic carbocycles. The molecule has 0 amide bonds. The number of aromatic hydroxyl groups is 1. The van der Waals surface area contributed by atoms with Gasteiger partial charge in [-0.05, 0) is 43.7 Å². The summed E-state index contributed by atoms with van der Waals surface area (Å²) in [5.41, 5.74) is 0.772. The Balaban J connectivity index is 1.82. The van der Waals surface area contributed by atoms with Gasteiger partial charge < -0.3 is 20.3 Å². The standard InChI is InChI=1S/C18H23NO3/c1-13(12-22-17-6-4-3-5-7-17)19-14(2)18(21)15-8-10-16(20)11-9-15/h3-11,13-14,18-21H,12H2,1-2H3/t13-,14+,18+/m1/s1/i3+1,4+1,5+1,6+1,7+1,17+1. The van der Waals surface area contributed by atoms with E-state index in [1.807, 2.05) is 44.2 Å². The normalized spacial score (nSPS) is 15.0. The molecule has 0 saturated heterocycles. The quantitative estimate of drug-likeness (QED) is 0.736. The van der Waals surface area contributed by atoms with Gasteiger partial charge in [0, 0.05) is 12.1 Å². The Labute approximate surface area is 131 Å². The summed E-state index contributed by atoms with van der Waals surface area (Å²) >= 11 is 0. The Hall–Kier alpha value is -2.04. The second-order valence-electron chi connectivity index (χ2n) is 5.52.